The van der Waals surface area contributed by atoms with Crippen LogP contribution in [0.1, 0.15) is 32.6 Å². The van der Waals surface area contributed by atoms with Crippen molar-refractivity contribution in [2.45, 2.75) is 37.6 Å². The van der Waals surface area contributed by atoms with Gasteiger partial charge in [0.15, 0.2) is 0 Å². The van der Waals surface area contributed by atoms with Crippen LogP contribution >= 0.6 is 15.9 Å². The monoisotopic (exact) mass is 205 g/mol. The molecule has 0 N–H and O–H groups in total. The minimum absolute atomic E-state index is 0.632. The predicted octanol–water partition coefficient (Wildman–Crippen LogP) is 2.60. The van der Waals surface area contributed by atoms with Crippen molar-refractivity contribution in [1.29, 1.82) is 0 Å². The van der Waals surface area contributed by atoms with E-state index in [1.54, 1.807) is 0 Å². The Hall–Kier alpha value is 0.440. The zero-order valence-electron chi connectivity index (χ0n) is 6.65. The van der Waals surface area contributed by atoms with Gasteiger partial charge in [-0.1, -0.05) is 29.3 Å². The van der Waals surface area contributed by atoms with Gasteiger partial charge in [0.1, 0.15) is 0 Å². The van der Waals surface area contributed by atoms with Gasteiger partial charge in [0.2, 0.25) is 0 Å². The minimum atomic E-state index is 0.632. The van der Waals surface area contributed by atoms with Crippen LogP contribution in [-0.2, 0) is 0 Å². The van der Waals surface area contributed by atoms with Gasteiger partial charge in [-0.05, 0) is 32.4 Å². The van der Waals surface area contributed by atoms with Gasteiger partial charge in [-0.3, -0.25) is 4.90 Å². The standard InChI is InChI=1S/C8H16BrN/c1-2-8(9)10-6-4-3-5-7-10/h8H,2-7H2,1H3. The maximum Gasteiger partial charge on any atom is 0.0652 e. The molecule has 2 heteroatoms. The van der Waals surface area contributed by atoms with Crippen LogP contribution in [0, 0.1) is 0 Å². The van der Waals surface area contributed by atoms with Gasteiger partial charge in [-0.2, -0.15) is 0 Å². The number of piperidine rings is 1. The molecular formula is C8H16BrN. The zero-order chi connectivity index (χ0) is 7.40. The Bertz CT molecular complexity index is 89.3. The van der Waals surface area contributed by atoms with Crippen LogP contribution in [0.15, 0.2) is 0 Å². The molecular weight excluding hydrogens is 190 g/mol. The Morgan fingerprint density at radius 1 is 1.30 bits per heavy atom. The topological polar surface area (TPSA) is 3.24 Å². The van der Waals surface area contributed by atoms with Crippen LogP contribution in [0.5, 0.6) is 0 Å². The van der Waals surface area contributed by atoms with Gasteiger partial charge in [-0.15, -0.1) is 0 Å². The molecule has 10 heavy (non-hydrogen) atoms. The van der Waals surface area contributed by atoms with Gasteiger partial charge in [0.05, 0.1) is 4.95 Å². The lowest BCUT2D eigenvalue weighted by Gasteiger charge is -2.30. The molecule has 1 fully saturated rings. The summed E-state index contributed by atoms with van der Waals surface area (Å²) in [7, 11) is 0. The summed E-state index contributed by atoms with van der Waals surface area (Å²) in [5.41, 5.74) is 0. The molecule has 0 bridgehead atoms. The number of hydrogen-bond donors (Lipinski definition) is 0. The molecule has 1 unspecified atom stereocenters. The first-order valence-electron chi connectivity index (χ1n) is 4.22. The first kappa shape index (κ1) is 8.54. The second-order valence-electron chi connectivity index (χ2n) is 2.94. The van der Waals surface area contributed by atoms with Gasteiger partial charge in [0, 0.05) is 0 Å². The maximum atomic E-state index is 3.66. The van der Waals surface area contributed by atoms with Crippen LogP contribution in [-0.4, -0.2) is 22.9 Å². The normalized spacial score (nSPS) is 24.6. The van der Waals surface area contributed by atoms with E-state index in [1.807, 2.05) is 0 Å². The molecule has 0 spiro atoms. The highest BCUT2D eigenvalue weighted by Crippen LogP contribution is 2.17. The average molecular weight is 206 g/mol. The fourth-order valence-electron chi connectivity index (χ4n) is 1.46. The number of halogens is 1. The fourth-order valence-corrected chi connectivity index (χ4v) is 1.87. The SMILES string of the molecule is CCC(Br)N1CCCCC1. The number of alkyl halides is 1. The van der Waals surface area contributed by atoms with E-state index < -0.39 is 0 Å². The Morgan fingerprint density at radius 3 is 2.40 bits per heavy atom. The molecule has 1 heterocycles. The van der Waals surface area contributed by atoms with Crippen molar-refractivity contribution in [2.24, 2.45) is 0 Å². The van der Waals surface area contributed by atoms with Crippen molar-refractivity contribution >= 4 is 15.9 Å². The van der Waals surface area contributed by atoms with Crippen LogP contribution < -0.4 is 0 Å². The lowest BCUT2D eigenvalue weighted by Crippen LogP contribution is -2.35. The average Bonchev–Trinajstić information content (AvgIpc) is 2.05. The van der Waals surface area contributed by atoms with Crippen molar-refractivity contribution < 1.29 is 0 Å². The number of hydrogen-bond acceptors (Lipinski definition) is 1. The maximum absolute atomic E-state index is 3.66. The third kappa shape index (κ3) is 2.24. The van der Waals surface area contributed by atoms with Crippen LogP contribution in [0.3, 0.4) is 0 Å². The van der Waals surface area contributed by atoms with Crippen molar-refractivity contribution in [1.82, 2.24) is 4.90 Å². The van der Waals surface area contributed by atoms with E-state index in [9.17, 15) is 0 Å². The highest BCUT2D eigenvalue weighted by molar-refractivity contribution is 9.09. The minimum Gasteiger partial charge on any atom is -0.291 e. The van der Waals surface area contributed by atoms with E-state index in [4.69, 9.17) is 0 Å². The summed E-state index contributed by atoms with van der Waals surface area (Å²) >= 11 is 3.66. The Kier molecular flexibility index (Phi) is 3.71. The third-order valence-electron chi connectivity index (χ3n) is 2.12. The molecule has 1 rings (SSSR count). The molecule has 60 valence electrons. The van der Waals surface area contributed by atoms with E-state index >= 15 is 0 Å². The molecule has 0 amide bonds. The number of likely N-dealkylation sites (tertiary alicyclic amines) is 1. The van der Waals surface area contributed by atoms with Gasteiger partial charge in [-0.25, -0.2) is 0 Å². The van der Waals surface area contributed by atoms with Gasteiger partial charge < -0.3 is 0 Å². The summed E-state index contributed by atoms with van der Waals surface area (Å²) in [5.74, 6) is 0. The van der Waals surface area contributed by atoms with E-state index in [-0.39, 0.29) is 0 Å². The van der Waals surface area contributed by atoms with E-state index in [1.165, 1.54) is 38.8 Å². The molecule has 0 aromatic carbocycles. The molecule has 0 radical (unpaired) electrons. The second kappa shape index (κ2) is 4.35. The molecule has 1 atom stereocenters. The van der Waals surface area contributed by atoms with Crippen LogP contribution in [0.2, 0.25) is 0 Å². The van der Waals surface area contributed by atoms with Crippen LogP contribution in [0.25, 0.3) is 0 Å². The van der Waals surface area contributed by atoms with E-state index in [0.29, 0.717) is 4.95 Å². The van der Waals surface area contributed by atoms with Crippen molar-refractivity contribution in [3.63, 3.8) is 0 Å². The van der Waals surface area contributed by atoms with E-state index in [0.717, 1.165) is 0 Å². The van der Waals surface area contributed by atoms with Gasteiger partial charge in [0.25, 0.3) is 0 Å². The number of rotatable bonds is 2. The van der Waals surface area contributed by atoms with Crippen LogP contribution in [0.4, 0.5) is 0 Å². The Balaban J connectivity index is 2.24. The molecule has 0 aromatic rings. The summed E-state index contributed by atoms with van der Waals surface area (Å²) in [6, 6.07) is 0. The quantitative estimate of drug-likeness (QED) is 0.495. The summed E-state index contributed by atoms with van der Waals surface area (Å²) in [5, 5.41) is 0. The lowest BCUT2D eigenvalue weighted by molar-refractivity contribution is 0.214. The summed E-state index contributed by atoms with van der Waals surface area (Å²) in [6.07, 6.45) is 5.43. The lowest BCUT2D eigenvalue weighted by atomic mass is 10.1. The fraction of sp³-hybridized carbons (Fsp3) is 1.00. The number of nitrogens with zero attached hydrogens (tertiary/aromatic N) is 1. The summed E-state index contributed by atoms with van der Waals surface area (Å²) < 4.78 is 0. The van der Waals surface area contributed by atoms with Gasteiger partial charge >= 0.3 is 0 Å². The molecule has 1 nitrogen and oxygen atoms in total. The van der Waals surface area contributed by atoms with E-state index in [2.05, 4.69) is 27.8 Å². The summed E-state index contributed by atoms with van der Waals surface area (Å²) in [6.45, 7) is 4.82. The molecule has 0 aliphatic carbocycles. The second-order valence-corrected chi connectivity index (χ2v) is 4.00. The first-order valence-corrected chi connectivity index (χ1v) is 5.14. The predicted molar refractivity (Wildman–Crippen MR) is 48.4 cm³/mol. The van der Waals surface area contributed by atoms with Crippen molar-refractivity contribution in [2.75, 3.05) is 13.1 Å². The first-order chi connectivity index (χ1) is 4.84. The molecule has 1 aliphatic rings. The largest absolute Gasteiger partial charge is 0.291 e. The molecule has 1 aliphatic heterocycles. The zero-order valence-corrected chi connectivity index (χ0v) is 8.23. The smallest absolute Gasteiger partial charge is 0.0652 e. The van der Waals surface area contributed by atoms with Crippen molar-refractivity contribution in [3.8, 4) is 0 Å². The Labute approximate surface area is 71.9 Å². The highest BCUT2D eigenvalue weighted by Gasteiger charge is 2.15. The molecule has 0 aromatic heterocycles. The molecule has 0 saturated carbocycles. The van der Waals surface area contributed by atoms with Crippen molar-refractivity contribution in [3.05, 3.63) is 0 Å². The summed E-state index contributed by atoms with van der Waals surface area (Å²) in [4.78, 5) is 3.16. The highest BCUT2D eigenvalue weighted by atomic mass is 79.9. The molecule has 1 saturated heterocycles. The Morgan fingerprint density at radius 2 is 1.90 bits per heavy atom. The third-order valence-corrected chi connectivity index (χ3v) is 3.35.